The molecule has 0 heterocycles. The smallest absolute Gasteiger partial charge is 0.102 e. The zero-order chi connectivity index (χ0) is 7.98. The minimum atomic E-state index is -0.818. The molecule has 0 saturated carbocycles. The Labute approximate surface area is 62.3 Å². The Morgan fingerprint density at radius 3 is 2.40 bits per heavy atom. The summed E-state index contributed by atoms with van der Waals surface area (Å²) in [5.74, 6) is 0. The van der Waals surface area contributed by atoms with E-state index in [0.717, 1.165) is 12.8 Å². The van der Waals surface area contributed by atoms with Gasteiger partial charge in [-0.2, -0.15) is 0 Å². The van der Waals surface area contributed by atoms with Gasteiger partial charge in [0.25, 0.3) is 0 Å². The van der Waals surface area contributed by atoms with E-state index in [4.69, 9.17) is 5.11 Å². The molecule has 0 bridgehead atoms. The molecule has 0 aromatic carbocycles. The van der Waals surface area contributed by atoms with Gasteiger partial charge in [0, 0.05) is 6.42 Å². The summed E-state index contributed by atoms with van der Waals surface area (Å²) in [6.45, 7) is 3.78. The zero-order valence-electron chi connectivity index (χ0n) is 6.81. The van der Waals surface area contributed by atoms with Gasteiger partial charge in [-0.05, 0) is 12.8 Å². The van der Waals surface area contributed by atoms with E-state index in [0.29, 0.717) is 12.8 Å². The summed E-state index contributed by atoms with van der Waals surface area (Å²) in [5.41, 5.74) is 0. The lowest BCUT2D eigenvalue weighted by Crippen LogP contribution is -2.13. The number of rotatable bonds is 5. The topological polar surface area (TPSA) is 20.2 Å². The maximum absolute atomic E-state index is 12.5. The molecule has 0 fully saturated rings. The van der Waals surface area contributed by atoms with Crippen LogP contribution in [-0.2, 0) is 0 Å². The fourth-order valence-electron chi connectivity index (χ4n) is 0.913. The van der Waals surface area contributed by atoms with Gasteiger partial charge in [-0.1, -0.05) is 20.3 Å². The van der Waals surface area contributed by atoms with Crippen molar-refractivity contribution in [2.45, 2.75) is 51.8 Å². The summed E-state index contributed by atoms with van der Waals surface area (Å²) in [4.78, 5) is 0. The Morgan fingerprint density at radius 1 is 1.40 bits per heavy atom. The van der Waals surface area contributed by atoms with Crippen LogP contribution in [0, 0.1) is 0 Å². The number of halogens is 1. The second-order valence-electron chi connectivity index (χ2n) is 2.68. The lowest BCUT2D eigenvalue weighted by atomic mass is 10.1. The van der Waals surface area contributed by atoms with E-state index in [2.05, 4.69) is 0 Å². The molecule has 0 aromatic rings. The molecule has 0 aliphatic heterocycles. The summed E-state index contributed by atoms with van der Waals surface area (Å²) < 4.78 is 12.5. The lowest BCUT2D eigenvalue weighted by Gasteiger charge is -2.10. The molecule has 0 saturated heterocycles. The van der Waals surface area contributed by atoms with Gasteiger partial charge in [-0.25, -0.2) is 4.39 Å². The molecule has 0 aliphatic carbocycles. The molecular weight excluding hydrogens is 131 g/mol. The third-order valence-corrected chi connectivity index (χ3v) is 1.59. The highest BCUT2D eigenvalue weighted by Gasteiger charge is 2.09. The Bertz CT molecular complexity index is 75.7. The molecule has 2 atom stereocenters. The Kier molecular flexibility index (Phi) is 5.60. The normalized spacial score (nSPS) is 16.8. The molecular formula is C8H17FO. The highest BCUT2D eigenvalue weighted by molar-refractivity contribution is 4.61. The summed E-state index contributed by atoms with van der Waals surface area (Å²) in [6, 6.07) is 0. The minimum Gasteiger partial charge on any atom is -0.393 e. The van der Waals surface area contributed by atoms with E-state index in [1.54, 1.807) is 6.92 Å². The summed E-state index contributed by atoms with van der Waals surface area (Å²) >= 11 is 0. The molecule has 2 heteroatoms. The standard InChI is InChI=1S/C8H17FO/c1-3-5-8(10)6-7(9)4-2/h7-8,10H,3-6H2,1-2H3. The highest BCUT2D eigenvalue weighted by atomic mass is 19.1. The van der Waals surface area contributed by atoms with E-state index in [-0.39, 0.29) is 0 Å². The monoisotopic (exact) mass is 148 g/mol. The number of hydrogen-bond donors (Lipinski definition) is 1. The number of hydrogen-bond acceptors (Lipinski definition) is 1. The van der Waals surface area contributed by atoms with Gasteiger partial charge < -0.3 is 5.11 Å². The van der Waals surface area contributed by atoms with Crippen LogP contribution in [0.25, 0.3) is 0 Å². The first-order valence-electron chi connectivity index (χ1n) is 4.02. The Hall–Kier alpha value is -0.110. The van der Waals surface area contributed by atoms with Crippen LogP contribution in [0.1, 0.15) is 39.5 Å². The second-order valence-corrected chi connectivity index (χ2v) is 2.68. The van der Waals surface area contributed by atoms with Crippen molar-refractivity contribution in [1.29, 1.82) is 0 Å². The third kappa shape index (κ3) is 4.74. The van der Waals surface area contributed by atoms with E-state index >= 15 is 0 Å². The number of alkyl halides is 1. The van der Waals surface area contributed by atoms with Gasteiger partial charge in [-0.3, -0.25) is 0 Å². The zero-order valence-corrected chi connectivity index (χ0v) is 6.81. The molecule has 1 nitrogen and oxygen atoms in total. The molecule has 62 valence electrons. The van der Waals surface area contributed by atoms with Crippen LogP contribution in [0.5, 0.6) is 0 Å². The Balaban J connectivity index is 3.27. The van der Waals surface area contributed by atoms with Gasteiger partial charge in [0.15, 0.2) is 0 Å². The quantitative estimate of drug-likeness (QED) is 0.634. The predicted octanol–water partition coefficient (Wildman–Crippen LogP) is 2.29. The van der Waals surface area contributed by atoms with Crippen molar-refractivity contribution in [2.75, 3.05) is 0 Å². The largest absolute Gasteiger partial charge is 0.393 e. The molecule has 2 unspecified atom stereocenters. The van der Waals surface area contributed by atoms with E-state index in [9.17, 15) is 4.39 Å². The average molecular weight is 148 g/mol. The summed E-state index contributed by atoms with van der Waals surface area (Å²) in [6.07, 6.45) is 1.23. The molecule has 0 aromatic heterocycles. The Morgan fingerprint density at radius 2 is 2.00 bits per heavy atom. The van der Waals surface area contributed by atoms with Crippen molar-refractivity contribution < 1.29 is 9.50 Å². The molecule has 10 heavy (non-hydrogen) atoms. The van der Waals surface area contributed by atoms with Gasteiger partial charge in [0.05, 0.1) is 6.10 Å². The van der Waals surface area contributed by atoms with Crippen LogP contribution in [0.15, 0.2) is 0 Å². The van der Waals surface area contributed by atoms with Crippen LogP contribution >= 0.6 is 0 Å². The van der Waals surface area contributed by atoms with Crippen molar-refractivity contribution in [1.82, 2.24) is 0 Å². The van der Waals surface area contributed by atoms with Crippen molar-refractivity contribution in [3.05, 3.63) is 0 Å². The maximum atomic E-state index is 12.5. The van der Waals surface area contributed by atoms with Crippen molar-refractivity contribution in [3.63, 3.8) is 0 Å². The molecule has 1 N–H and O–H groups in total. The van der Waals surface area contributed by atoms with E-state index in [1.807, 2.05) is 6.92 Å². The van der Waals surface area contributed by atoms with Crippen LogP contribution in [0.2, 0.25) is 0 Å². The van der Waals surface area contributed by atoms with Crippen molar-refractivity contribution in [3.8, 4) is 0 Å². The molecule has 0 amide bonds. The first kappa shape index (κ1) is 9.89. The van der Waals surface area contributed by atoms with Gasteiger partial charge in [-0.15, -0.1) is 0 Å². The molecule has 0 spiro atoms. The summed E-state index contributed by atoms with van der Waals surface area (Å²) in [7, 11) is 0. The lowest BCUT2D eigenvalue weighted by molar-refractivity contribution is 0.116. The first-order chi connectivity index (χ1) is 4.70. The average Bonchev–Trinajstić information content (AvgIpc) is 1.88. The minimum absolute atomic E-state index is 0.310. The van der Waals surface area contributed by atoms with Crippen LogP contribution in [-0.4, -0.2) is 17.4 Å². The highest BCUT2D eigenvalue weighted by Crippen LogP contribution is 2.09. The fraction of sp³-hybridized carbons (Fsp3) is 1.00. The van der Waals surface area contributed by atoms with Crippen molar-refractivity contribution in [2.24, 2.45) is 0 Å². The van der Waals surface area contributed by atoms with E-state index in [1.165, 1.54) is 0 Å². The third-order valence-electron chi connectivity index (χ3n) is 1.59. The van der Waals surface area contributed by atoms with Gasteiger partial charge >= 0.3 is 0 Å². The number of aliphatic hydroxyl groups excluding tert-OH is 1. The fourth-order valence-corrected chi connectivity index (χ4v) is 0.913. The van der Waals surface area contributed by atoms with Gasteiger partial charge in [0.2, 0.25) is 0 Å². The molecule has 0 aliphatic rings. The van der Waals surface area contributed by atoms with Crippen LogP contribution < -0.4 is 0 Å². The molecule has 0 radical (unpaired) electrons. The van der Waals surface area contributed by atoms with Crippen molar-refractivity contribution >= 4 is 0 Å². The maximum Gasteiger partial charge on any atom is 0.102 e. The van der Waals surface area contributed by atoms with E-state index < -0.39 is 12.3 Å². The first-order valence-corrected chi connectivity index (χ1v) is 4.02. The van der Waals surface area contributed by atoms with Gasteiger partial charge in [0.1, 0.15) is 6.17 Å². The SMILES string of the molecule is CCCC(O)CC(F)CC. The van der Waals surface area contributed by atoms with Crippen LogP contribution in [0.3, 0.4) is 0 Å². The second kappa shape index (κ2) is 5.66. The van der Waals surface area contributed by atoms with Crippen LogP contribution in [0.4, 0.5) is 4.39 Å². The number of aliphatic hydroxyl groups is 1. The predicted molar refractivity (Wildman–Crippen MR) is 40.7 cm³/mol. The summed E-state index contributed by atoms with van der Waals surface area (Å²) in [5, 5.41) is 9.11. The molecule has 0 rings (SSSR count).